The van der Waals surface area contributed by atoms with E-state index in [1.54, 1.807) is 60.4 Å². The molecule has 1 aliphatic heterocycles. The van der Waals surface area contributed by atoms with Crippen LogP contribution in [-0.2, 0) is 0 Å². The maximum absolute atomic E-state index is 13.5. The third-order valence-corrected chi connectivity index (χ3v) is 5.58. The van der Waals surface area contributed by atoms with E-state index in [1.165, 1.54) is 0 Å². The smallest absolute Gasteiger partial charge is 0.258 e. The maximum atomic E-state index is 13.5. The molecule has 0 spiro atoms. The average molecular weight is 458 g/mol. The van der Waals surface area contributed by atoms with Gasteiger partial charge in [0.1, 0.15) is 5.82 Å². The molecule has 3 N–H and O–H groups in total. The minimum absolute atomic E-state index is 0.112. The van der Waals surface area contributed by atoms with Gasteiger partial charge in [0.05, 0.1) is 0 Å². The van der Waals surface area contributed by atoms with Crippen LogP contribution in [0.5, 0.6) is 0 Å². The number of amides is 1. The molecule has 2 aromatic carbocycles. The van der Waals surface area contributed by atoms with E-state index in [4.69, 9.17) is 17.3 Å². The molecule has 0 atom stereocenters. The van der Waals surface area contributed by atoms with Gasteiger partial charge in [0, 0.05) is 54.0 Å². The molecule has 0 unspecified atom stereocenters. The van der Waals surface area contributed by atoms with E-state index < -0.39 is 11.8 Å². The lowest BCUT2D eigenvalue weighted by molar-refractivity contribution is -0.0221. The quantitative estimate of drug-likeness (QED) is 0.527. The van der Waals surface area contributed by atoms with Gasteiger partial charge in [-0.25, -0.2) is 13.8 Å². The molecule has 0 aliphatic carbocycles. The molecule has 32 heavy (non-hydrogen) atoms. The van der Waals surface area contributed by atoms with Gasteiger partial charge in [-0.2, -0.15) is 4.98 Å². The molecular weight excluding hydrogens is 436 g/mol. The molecule has 1 saturated heterocycles. The van der Waals surface area contributed by atoms with Crippen LogP contribution in [0.3, 0.4) is 0 Å². The summed E-state index contributed by atoms with van der Waals surface area (Å²) in [6.45, 7) is 2.15. The van der Waals surface area contributed by atoms with Crippen molar-refractivity contribution in [3.63, 3.8) is 0 Å². The number of rotatable bonds is 4. The molecule has 1 aromatic heterocycles. The first-order valence-electron chi connectivity index (χ1n) is 10.2. The van der Waals surface area contributed by atoms with Crippen molar-refractivity contribution in [1.29, 1.82) is 0 Å². The van der Waals surface area contributed by atoms with E-state index in [9.17, 15) is 13.6 Å². The molecule has 1 aliphatic rings. The summed E-state index contributed by atoms with van der Waals surface area (Å²) in [6, 6.07) is 13.8. The fourth-order valence-corrected chi connectivity index (χ4v) is 3.76. The Kier molecular flexibility index (Phi) is 5.97. The van der Waals surface area contributed by atoms with Crippen LogP contribution >= 0.6 is 11.6 Å². The number of aromatic nitrogens is 2. The molecule has 1 amide bonds. The maximum Gasteiger partial charge on any atom is 0.258 e. The Balaban J connectivity index is 1.60. The van der Waals surface area contributed by atoms with Crippen molar-refractivity contribution in [1.82, 2.24) is 9.97 Å². The second-order valence-electron chi connectivity index (χ2n) is 7.80. The van der Waals surface area contributed by atoms with Crippen molar-refractivity contribution < 1.29 is 13.6 Å². The number of alkyl halides is 2. The zero-order chi connectivity index (χ0) is 22.9. The van der Waals surface area contributed by atoms with Crippen LogP contribution in [0.1, 0.15) is 28.9 Å². The van der Waals surface area contributed by atoms with Crippen molar-refractivity contribution in [3.8, 4) is 11.1 Å². The molecule has 2 heterocycles. The minimum atomic E-state index is -2.65. The first-order valence-corrected chi connectivity index (χ1v) is 10.5. The van der Waals surface area contributed by atoms with Crippen LogP contribution in [-0.4, -0.2) is 34.9 Å². The van der Waals surface area contributed by atoms with Crippen LogP contribution in [0.2, 0.25) is 5.02 Å². The van der Waals surface area contributed by atoms with Crippen molar-refractivity contribution in [2.75, 3.05) is 29.0 Å². The van der Waals surface area contributed by atoms with E-state index in [0.717, 1.165) is 5.56 Å². The number of nitrogens with zero attached hydrogens (tertiary/aromatic N) is 3. The van der Waals surface area contributed by atoms with Crippen LogP contribution in [0.15, 0.2) is 48.5 Å². The van der Waals surface area contributed by atoms with E-state index in [0.29, 0.717) is 33.3 Å². The normalized spacial score (nSPS) is 15.4. The highest BCUT2D eigenvalue weighted by Gasteiger charge is 2.34. The third-order valence-electron chi connectivity index (χ3n) is 5.33. The molecule has 6 nitrogen and oxygen atoms in total. The lowest BCUT2D eigenvalue weighted by Gasteiger charge is -2.32. The zero-order valence-corrected chi connectivity index (χ0v) is 18.2. The van der Waals surface area contributed by atoms with Crippen LogP contribution < -0.4 is 16.0 Å². The molecule has 9 heteroatoms. The van der Waals surface area contributed by atoms with Crippen molar-refractivity contribution in [3.05, 3.63) is 64.8 Å². The highest BCUT2D eigenvalue weighted by atomic mass is 35.5. The predicted molar refractivity (Wildman–Crippen MR) is 122 cm³/mol. The number of anilines is 3. The topological polar surface area (TPSA) is 84.1 Å². The van der Waals surface area contributed by atoms with Gasteiger partial charge in [0.25, 0.3) is 11.8 Å². The summed E-state index contributed by atoms with van der Waals surface area (Å²) in [5.74, 6) is -2.43. The lowest BCUT2D eigenvalue weighted by Crippen LogP contribution is -2.39. The Morgan fingerprint density at radius 1 is 1.09 bits per heavy atom. The number of benzene rings is 2. The van der Waals surface area contributed by atoms with E-state index in [2.05, 4.69) is 15.3 Å². The number of carbonyl (C=O) groups excluding carboxylic acids is 1. The standard InChI is InChI=1S/C23H22ClF2N5O/c1-14-12-20(31-10-8-23(25,26)9-11-31)29-22(28-14)30-21(32)18-7-6-17(27)13-19(18)15-2-4-16(24)5-3-15/h2-7,12-13H,8-11,27H2,1H3,(H,28,29,30,32). The number of nitrogens with two attached hydrogens (primary N) is 1. The number of nitrogens with one attached hydrogen (secondary N) is 1. The van der Waals surface area contributed by atoms with Gasteiger partial charge in [-0.1, -0.05) is 23.7 Å². The molecule has 0 saturated carbocycles. The number of carbonyl (C=O) groups is 1. The van der Waals surface area contributed by atoms with Crippen LogP contribution in [0, 0.1) is 6.92 Å². The van der Waals surface area contributed by atoms with Gasteiger partial charge in [0.15, 0.2) is 0 Å². The van der Waals surface area contributed by atoms with Gasteiger partial charge in [-0.15, -0.1) is 0 Å². The molecule has 4 rings (SSSR count). The number of hydrogen-bond acceptors (Lipinski definition) is 5. The van der Waals surface area contributed by atoms with Crippen LogP contribution in [0.4, 0.5) is 26.2 Å². The fraction of sp³-hybridized carbons (Fsp3) is 0.261. The zero-order valence-electron chi connectivity index (χ0n) is 17.4. The Bertz CT molecular complexity index is 1140. The second-order valence-corrected chi connectivity index (χ2v) is 8.24. The average Bonchev–Trinajstić information content (AvgIpc) is 2.73. The number of halogens is 3. The summed E-state index contributed by atoms with van der Waals surface area (Å²) in [5.41, 5.74) is 8.91. The minimum Gasteiger partial charge on any atom is -0.399 e. The Morgan fingerprint density at radius 2 is 1.78 bits per heavy atom. The number of hydrogen-bond donors (Lipinski definition) is 2. The van der Waals surface area contributed by atoms with Crippen molar-refractivity contribution >= 4 is 35.0 Å². The fourth-order valence-electron chi connectivity index (χ4n) is 3.63. The largest absolute Gasteiger partial charge is 0.399 e. The summed E-state index contributed by atoms with van der Waals surface area (Å²) in [4.78, 5) is 23.6. The molecule has 3 aromatic rings. The van der Waals surface area contributed by atoms with Crippen molar-refractivity contribution in [2.24, 2.45) is 0 Å². The van der Waals surface area contributed by atoms with E-state index >= 15 is 0 Å². The monoisotopic (exact) mass is 457 g/mol. The van der Waals surface area contributed by atoms with Gasteiger partial charge >= 0.3 is 0 Å². The molecule has 0 radical (unpaired) electrons. The lowest BCUT2D eigenvalue weighted by atomic mass is 9.98. The van der Waals surface area contributed by atoms with Gasteiger partial charge in [-0.3, -0.25) is 10.1 Å². The van der Waals surface area contributed by atoms with Crippen LogP contribution in [0.25, 0.3) is 11.1 Å². The molecule has 0 bridgehead atoms. The van der Waals surface area contributed by atoms with E-state index in [1.807, 2.05) is 0 Å². The van der Waals surface area contributed by atoms with Gasteiger partial charge in [0.2, 0.25) is 5.95 Å². The summed E-state index contributed by atoms with van der Waals surface area (Å²) in [5, 5.41) is 3.32. The second kappa shape index (κ2) is 8.70. The summed E-state index contributed by atoms with van der Waals surface area (Å²) >= 11 is 5.98. The first kappa shape index (κ1) is 22.0. The number of aryl methyl sites for hydroxylation is 1. The first-order chi connectivity index (χ1) is 15.2. The molecular formula is C23H22ClF2N5O. The third kappa shape index (κ3) is 4.96. The number of nitrogen functional groups attached to an aromatic ring is 1. The van der Waals surface area contributed by atoms with Gasteiger partial charge < -0.3 is 10.6 Å². The molecule has 1 fully saturated rings. The van der Waals surface area contributed by atoms with Crippen molar-refractivity contribution in [2.45, 2.75) is 25.7 Å². The highest BCUT2D eigenvalue weighted by molar-refractivity contribution is 6.30. The summed E-state index contributed by atoms with van der Waals surface area (Å²) in [7, 11) is 0. The number of piperidine rings is 1. The summed E-state index contributed by atoms with van der Waals surface area (Å²) in [6.07, 6.45) is -0.457. The summed E-state index contributed by atoms with van der Waals surface area (Å²) < 4.78 is 27.0. The van der Waals surface area contributed by atoms with E-state index in [-0.39, 0.29) is 31.9 Å². The van der Waals surface area contributed by atoms with Gasteiger partial charge in [-0.05, 0) is 48.4 Å². The SMILES string of the molecule is Cc1cc(N2CCC(F)(F)CC2)nc(NC(=O)c2ccc(N)cc2-c2ccc(Cl)cc2)n1. The predicted octanol–water partition coefficient (Wildman–Crippen LogP) is 5.18. The molecule has 166 valence electrons. The Morgan fingerprint density at radius 3 is 2.47 bits per heavy atom. The highest BCUT2D eigenvalue weighted by Crippen LogP contribution is 2.31. The Hall–Kier alpha value is -3.26. The Labute approximate surface area is 189 Å².